The summed E-state index contributed by atoms with van der Waals surface area (Å²) in [5, 5.41) is 8.74. The average molecular weight is 434 g/mol. The van der Waals surface area contributed by atoms with Crippen LogP contribution >= 0.6 is 11.8 Å². The molecule has 2 aromatic rings. The molecule has 0 saturated carbocycles. The molecule has 0 bridgehead atoms. The highest BCUT2D eigenvalue weighted by Crippen LogP contribution is 2.20. The molecular weight excluding hydrogens is 398 g/mol. The third-order valence-electron chi connectivity index (χ3n) is 4.50. The number of carbonyl (C=O) groups excluding carboxylic acids is 1. The summed E-state index contributed by atoms with van der Waals surface area (Å²) < 4.78 is 7.18. The summed E-state index contributed by atoms with van der Waals surface area (Å²) in [5.74, 6) is 9.09. The van der Waals surface area contributed by atoms with Gasteiger partial charge in [-0.05, 0) is 35.4 Å². The van der Waals surface area contributed by atoms with Gasteiger partial charge in [0.05, 0.1) is 5.75 Å². The number of hydrogen-bond acceptors (Lipinski definition) is 6. The van der Waals surface area contributed by atoms with E-state index >= 15 is 0 Å². The Morgan fingerprint density at radius 1 is 1.07 bits per heavy atom. The van der Waals surface area contributed by atoms with Gasteiger partial charge in [0.1, 0.15) is 12.4 Å². The van der Waals surface area contributed by atoms with Gasteiger partial charge >= 0.3 is 0 Å². The van der Waals surface area contributed by atoms with Gasteiger partial charge in [-0.15, -0.1) is 10.2 Å². The van der Waals surface area contributed by atoms with Gasteiger partial charge in [-0.1, -0.05) is 65.4 Å². The average Bonchev–Trinajstić information content (AvgIpc) is 3.03. The van der Waals surface area contributed by atoms with Gasteiger partial charge in [-0.25, -0.2) is 4.68 Å². The van der Waals surface area contributed by atoms with Crippen molar-refractivity contribution >= 4 is 17.7 Å². The van der Waals surface area contributed by atoms with Crippen LogP contribution in [0.2, 0.25) is 0 Å². The van der Waals surface area contributed by atoms with E-state index in [4.69, 9.17) is 10.6 Å². The molecule has 30 heavy (non-hydrogen) atoms. The third-order valence-corrected chi connectivity index (χ3v) is 5.43. The van der Waals surface area contributed by atoms with Crippen LogP contribution in [0.3, 0.4) is 0 Å². The topological polar surface area (TPSA) is 86.3 Å². The van der Waals surface area contributed by atoms with Crippen LogP contribution in [0.25, 0.3) is 0 Å². The van der Waals surface area contributed by atoms with Crippen LogP contribution in [0.1, 0.15) is 58.8 Å². The van der Waals surface area contributed by atoms with Crippen LogP contribution in [0.4, 0.5) is 0 Å². The number of nitrogens with zero attached hydrogens (tertiary/aromatic N) is 4. The van der Waals surface area contributed by atoms with Crippen LogP contribution < -0.4 is 10.6 Å². The van der Waals surface area contributed by atoms with E-state index in [1.54, 1.807) is 0 Å². The van der Waals surface area contributed by atoms with Gasteiger partial charge in [-0.2, -0.15) is 0 Å². The largest absolute Gasteiger partial charge is 0.486 e. The van der Waals surface area contributed by atoms with E-state index in [9.17, 15) is 4.79 Å². The van der Waals surface area contributed by atoms with Gasteiger partial charge in [-0.3, -0.25) is 4.79 Å². The van der Waals surface area contributed by atoms with Crippen molar-refractivity contribution in [3.05, 3.63) is 35.7 Å². The fraction of sp³-hybridized carbons (Fsp3) is 0.591. The SMILES string of the molecule is CC(C)CN(CC(C)C)C(=O)CSc1nnc(COc2ccc(C(C)C)cc2)n1N. The summed E-state index contributed by atoms with van der Waals surface area (Å²) in [6, 6.07) is 8.00. The van der Waals surface area contributed by atoms with Gasteiger partial charge in [0.25, 0.3) is 0 Å². The van der Waals surface area contributed by atoms with E-state index in [2.05, 4.69) is 63.9 Å². The van der Waals surface area contributed by atoms with E-state index < -0.39 is 0 Å². The van der Waals surface area contributed by atoms with Crippen molar-refractivity contribution in [1.29, 1.82) is 0 Å². The van der Waals surface area contributed by atoms with Crippen molar-refractivity contribution in [2.75, 3.05) is 24.7 Å². The highest BCUT2D eigenvalue weighted by molar-refractivity contribution is 7.99. The van der Waals surface area contributed by atoms with Gasteiger partial charge < -0.3 is 15.5 Å². The number of amides is 1. The smallest absolute Gasteiger partial charge is 0.233 e. The minimum Gasteiger partial charge on any atom is -0.486 e. The van der Waals surface area contributed by atoms with Crippen LogP contribution in [-0.4, -0.2) is 44.5 Å². The maximum Gasteiger partial charge on any atom is 0.233 e. The predicted octanol–water partition coefficient (Wildman–Crippen LogP) is 3.93. The van der Waals surface area contributed by atoms with E-state index in [0.29, 0.717) is 28.7 Å². The first kappa shape index (κ1) is 24.1. The second-order valence-electron chi connectivity index (χ2n) is 8.66. The first-order valence-corrected chi connectivity index (χ1v) is 11.5. The number of nitrogens with two attached hydrogens (primary N) is 1. The molecule has 0 fully saturated rings. The zero-order valence-electron chi connectivity index (χ0n) is 19.0. The third kappa shape index (κ3) is 7.23. The number of aromatic nitrogens is 3. The van der Waals surface area contributed by atoms with Crippen molar-refractivity contribution in [3.8, 4) is 5.75 Å². The molecule has 0 spiro atoms. The molecule has 0 aliphatic rings. The summed E-state index contributed by atoms with van der Waals surface area (Å²) in [5.41, 5.74) is 1.26. The molecule has 1 heterocycles. The van der Waals surface area contributed by atoms with Gasteiger partial charge in [0.15, 0.2) is 5.82 Å². The lowest BCUT2D eigenvalue weighted by Gasteiger charge is -2.26. The summed E-state index contributed by atoms with van der Waals surface area (Å²) in [6.45, 7) is 14.5. The first-order chi connectivity index (χ1) is 14.2. The lowest BCUT2D eigenvalue weighted by Crippen LogP contribution is -2.38. The van der Waals surface area contributed by atoms with Crippen molar-refractivity contribution < 1.29 is 9.53 Å². The van der Waals surface area contributed by atoms with Crippen molar-refractivity contribution in [2.24, 2.45) is 11.8 Å². The Morgan fingerprint density at radius 3 is 2.20 bits per heavy atom. The summed E-state index contributed by atoms with van der Waals surface area (Å²) >= 11 is 1.30. The minimum absolute atomic E-state index is 0.0912. The molecule has 166 valence electrons. The molecule has 0 aliphatic carbocycles. The lowest BCUT2D eigenvalue weighted by molar-refractivity contribution is -0.129. The van der Waals surface area contributed by atoms with Crippen LogP contribution in [0.5, 0.6) is 5.75 Å². The van der Waals surface area contributed by atoms with Gasteiger partial charge in [0, 0.05) is 13.1 Å². The summed E-state index contributed by atoms with van der Waals surface area (Å²) in [6.07, 6.45) is 0. The predicted molar refractivity (Wildman–Crippen MR) is 122 cm³/mol. The molecule has 1 aromatic carbocycles. The molecule has 0 saturated heterocycles. The molecule has 2 rings (SSSR count). The zero-order chi connectivity index (χ0) is 22.3. The fourth-order valence-corrected chi connectivity index (χ4v) is 3.76. The number of hydrogen-bond donors (Lipinski definition) is 1. The standard InChI is InChI=1S/C22H35N5O2S/c1-15(2)11-26(12-16(3)4)21(28)14-30-22-25-24-20(27(22)23)13-29-19-9-7-18(8-10-19)17(5)6/h7-10,15-17H,11-14,23H2,1-6H3. The Morgan fingerprint density at radius 2 is 1.67 bits per heavy atom. The summed E-state index contributed by atoms with van der Waals surface area (Å²) in [7, 11) is 0. The molecule has 0 aliphatic heterocycles. The molecule has 1 amide bonds. The quantitative estimate of drug-likeness (QED) is 0.427. The van der Waals surface area contributed by atoms with Crippen molar-refractivity contribution in [3.63, 3.8) is 0 Å². The molecule has 8 heteroatoms. The second-order valence-corrected chi connectivity index (χ2v) is 9.60. The maximum atomic E-state index is 12.7. The number of rotatable bonds is 11. The van der Waals surface area contributed by atoms with Crippen LogP contribution in [0.15, 0.2) is 29.4 Å². The Hall–Kier alpha value is -2.22. The van der Waals surface area contributed by atoms with Crippen molar-refractivity contribution in [1.82, 2.24) is 19.8 Å². The van der Waals surface area contributed by atoms with Gasteiger partial charge in [0.2, 0.25) is 11.1 Å². The van der Waals surface area contributed by atoms with E-state index in [1.165, 1.54) is 22.0 Å². The first-order valence-electron chi connectivity index (χ1n) is 10.5. The lowest BCUT2D eigenvalue weighted by atomic mass is 10.0. The summed E-state index contributed by atoms with van der Waals surface area (Å²) in [4.78, 5) is 14.6. The molecule has 2 N–H and O–H groups in total. The highest BCUT2D eigenvalue weighted by atomic mass is 32.2. The Labute approximate surface area is 184 Å². The zero-order valence-corrected chi connectivity index (χ0v) is 19.8. The molecule has 0 atom stereocenters. The minimum atomic E-state index is 0.0912. The number of benzene rings is 1. The molecule has 0 radical (unpaired) electrons. The van der Waals surface area contributed by atoms with E-state index in [1.807, 2.05) is 17.0 Å². The van der Waals surface area contributed by atoms with E-state index in [0.717, 1.165) is 18.8 Å². The van der Waals surface area contributed by atoms with E-state index in [-0.39, 0.29) is 18.3 Å². The molecule has 1 aromatic heterocycles. The van der Waals surface area contributed by atoms with Crippen molar-refractivity contribution in [2.45, 2.75) is 59.2 Å². The Kier molecular flexibility index (Phi) is 9.02. The second kappa shape index (κ2) is 11.2. The monoisotopic (exact) mass is 433 g/mol. The molecule has 0 unspecified atom stereocenters. The Bertz CT molecular complexity index is 792. The van der Waals surface area contributed by atoms with Crippen LogP contribution in [-0.2, 0) is 11.4 Å². The number of ether oxygens (including phenoxy) is 1. The molecular formula is C22H35N5O2S. The Balaban J connectivity index is 1.91. The molecule has 7 nitrogen and oxygen atoms in total. The number of carbonyl (C=O) groups is 1. The highest BCUT2D eigenvalue weighted by Gasteiger charge is 2.19. The fourth-order valence-electron chi connectivity index (χ4n) is 2.98. The normalized spacial score (nSPS) is 11.5. The number of thioether (sulfide) groups is 1. The number of nitrogen functional groups attached to an aromatic ring is 1. The maximum absolute atomic E-state index is 12.7. The van der Waals surface area contributed by atoms with Crippen LogP contribution in [0, 0.1) is 11.8 Å².